The molecule has 3 aromatic carbocycles. The van der Waals surface area contributed by atoms with E-state index in [2.05, 4.69) is 18.2 Å². The van der Waals surface area contributed by atoms with Gasteiger partial charge in [-0.05, 0) is 23.8 Å². The average molecular weight is 416 g/mol. The van der Waals surface area contributed by atoms with Gasteiger partial charge in [-0.25, -0.2) is 5.01 Å². The van der Waals surface area contributed by atoms with Gasteiger partial charge in [0.15, 0.2) is 11.5 Å². The summed E-state index contributed by atoms with van der Waals surface area (Å²) in [7, 11) is 4.82. The summed E-state index contributed by atoms with van der Waals surface area (Å²) in [6.07, 6.45) is 0.389. The van der Waals surface area contributed by atoms with Crippen LogP contribution in [0.3, 0.4) is 0 Å². The van der Waals surface area contributed by atoms with Crippen LogP contribution in [0.15, 0.2) is 71.8 Å². The third-order valence-electron chi connectivity index (χ3n) is 5.78. The van der Waals surface area contributed by atoms with Crippen molar-refractivity contribution in [2.45, 2.75) is 18.7 Å². The number of fused-ring (bicyclic) bond motifs is 3. The highest BCUT2D eigenvalue weighted by atomic mass is 16.5. The van der Waals surface area contributed by atoms with Crippen LogP contribution in [-0.4, -0.2) is 32.0 Å². The fourth-order valence-electron chi connectivity index (χ4n) is 4.30. The van der Waals surface area contributed by atoms with Crippen LogP contribution in [-0.2, 0) is 0 Å². The maximum atomic E-state index is 6.46. The molecule has 0 bridgehead atoms. The molecule has 6 nitrogen and oxygen atoms in total. The molecule has 0 aliphatic carbocycles. The molecule has 3 aromatic rings. The second-order valence-electron chi connectivity index (χ2n) is 7.48. The topological polar surface area (TPSA) is 52.5 Å². The molecule has 0 radical (unpaired) electrons. The maximum Gasteiger partial charge on any atom is 0.214 e. The summed E-state index contributed by atoms with van der Waals surface area (Å²) in [5.41, 5.74) is 4.19. The molecular formula is C25H24N2O4. The molecule has 0 aromatic heterocycles. The SMILES string of the molecule is COc1cc(C2Oc3ccccc3C3CC(c4ccccc4)=NN32)cc(OC)c1OC. The zero-order valence-corrected chi connectivity index (χ0v) is 17.7. The number of para-hydroxylation sites is 1. The van der Waals surface area contributed by atoms with Gasteiger partial charge in [0.1, 0.15) is 5.75 Å². The lowest BCUT2D eigenvalue weighted by atomic mass is 9.96. The van der Waals surface area contributed by atoms with Crippen LogP contribution in [0.25, 0.3) is 0 Å². The normalized spacial score (nSPS) is 19.1. The molecular weight excluding hydrogens is 392 g/mol. The van der Waals surface area contributed by atoms with Gasteiger partial charge in [0, 0.05) is 17.5 Å². The van der Waals surface area contributed by atoms with Gasteiger partial charge >= 0.3 is 0 Å². The minimum atomic E-state index is -0.421. The van der Waals surface area contributed by atoms with E-state index in [0.29, 0.717) is 17.2 Å². The van der Waals surface area contributed by atoms with E-state index in [-0.39, 0.29) is 6.04 Å². The van der Waals surface area contributed by atoms with Crippen LogP contribution in [0.5, 0.6) is 23.0 Å². The first kappa shape index (κ1) is 19.3. The lowest BCUT2D eigenvalue weighted by Crippen LogP contribution is -2.33. The Morgan fingerprint density at radius 3 is 2.23 bits per heavy atom. The molecule has 2 aliphatic heterocycles. The summed E-state index contributed by atoms with van der Waals surface area (Å²) in [6.45, 7) is 0. The Balaban J connectivity index is 1.62. The van der Waals surface area contributed by atoms with Crippen molar-refractivity contribution in [1.82, 2.24) is 5.01 Å². The van der Waals surface area contributed by atoms with Crippen LogP contribution >= 0.6 is 0 Å². The van der Waals surface area contributed by atoms with Gasteiger partial charge in [-0.2, -0.15) is 5.10 Å². The van der Waals surface area contributed by atoms with Crippen molar-refractivity contribution in [3.63, 3.8) is 0 Å². The zero-order chi connectivity index (χ0) is 21.4. The van der Waals surface area contributed by atoms with Crippen LogP contribution in [0.4, 0.5) is 0 Å². The Hall–Kier alpha value is -3.67. The van der Waals surface area contributed by atoms with Crippen LogP contribution in [0, 0.1) is 0 Å². The van der Waals surface area contributed by atoms with Crippen molar-refractivity contribution in [2.75, 3.05) is 21.3 Å². The number of hydrogen-bond acceptors (Lipinski definition) is 6. The molecule has 158 valence electrons. The third-order valence-corrected chi connectivity index (χ3v) is 5.78. The highest BCUT2D eigenvalue weighted by Crippen LogP contribution is 2.49. The first-order chi connectivity index (χ1) is 15.2. The first-order valence-corrected chi connectivity index (χ1v) is 10.2. The minimum absolute atomic E-state index is 0.0873. The van der Waals surface area contributed by atoms with E-state index in [1.54, 1.807) is 21.3 Å². The molecule has 0 saturated carbocycles. The van der Waals surface area contributed by atoms with Gasteiger partial charge in [0.25, 0.3) is 0 Å². The molecule has 31 heavy (non-hydrogen) atoms. The van der Waals surface area contributed by atoms with Crippen molar-refractivity contribution < 1.29 is 18.9 Å². The highest BCUT2D eigenvalue weighted by Gasteiger charge is 2.41. The van der Waals surface area contributed by atoms with Gasteiger partial charge < -0.3 is 18.9 Å². The van der Waals surface area contributed by atoms with E-state index < -0.39 is 6.23 Å². The Bertz CT molecular complexity index is 1100. The molecule has 0 saturated heterocycles. The molecule has 6 heteroatoms. The summed E-state index contributed by atoms with van der Waals surface area (Å²) in [5, 5.41) is 7.05. The summed E-state index contributed by atoms with van der Waals surface area (Å²) in [5.74, 6) is 2.59. The van der Waals surface area contributed by atoms with Crippen LogP contribution < -0.4 is 18.9 Å². The number of rotatable bonds is 5. The van der Waals surface area contributed by atoms with E-state index in [1.165, 1.54) is 0 Å². The summed E-state index contributed by atoms with van der Waals surface area (Å²) >= 11 is 0. The Morgan fingerprint density at radius 1 is 0.871 bits per heavy atom. The van der Waals surface area contributed by atoms with E-state index >= 15 is 0 Å². The van der Waals surface area contributed by atoms with Gasteiger partial charge in [0.2, 0.25) is 12.0 Å². The lowest BCUT2D eigenvalue weighted by molar-refractivity contribution is -0.0192. The second kappa shape index (κ2) is 7.87. The largest absolute Gasteiger partial charge is 0.493 e. The van der Waals surface area contributed by atoms with Gasteiger partial charge in [-0.1, -0.05) is 48.5 Å². The highest BCUT2D eigenvalue weighted by molar-refractivity contribution is 6.01. The standard InChI is InChI=1S/C25H24N2O4/c1-28-22-13-17(14-23(29-2)24(22)30-3)25-27-20(18-11-7-8-12-21(18)31-25)15-19(26-27)16-9-5-4-6-10-16/h4-14,20,25H,15H2,1-3H3. The van der Waals surface area contributed by atoms with E-state index in [4.69, 9.17) is 24.0 Å². The van der Waals surface area contributed by atoms with Crippen LogP contribution in [0.1, 0.15) is 35.4 Å². The number of hydrogen-bond donors (Lipinski definition) is 0. The summed E-state index contributed by atoms with van der Waals surface area (Å²) in [4.78, 5) is 0. The van der Waals surface area contributed by atoms with Gasteiger partial charge in [-0.15, -0.1) is 0 Å². The molecule has 2 atom stereocenters. The van der Waals surface area contributed by atoms with E-state index in [1.807, 2.05) is 53.5 Å². The monoisotopic (exact) mass is 416 g/mol. The number of benzene rings is 3. The predicted molar refractivity (Wildman–Crippen MR) is 118 cm³/mol. The van der Waals surface area contributed by atoms with Gasteiger partial charge in [-0.3, -0.25) is 0 Å². The molecule has 5 rings (SSSR count). The maximum absolute atomic E-state index is 6.46. The molecule has 0 fully saturated rings. The van der Waals surface area contributed by atoms with Gasteiger partial charge in [0.05, 0.1) is 33.1 Å². The van der Waals surface area contributed by atoms with Crippen LogP contribution in [0.2, 0.25) is 0 Å². The summed E-state index contributed by atoms with van der Waals surface area (Å²) in [6, 6.07) is 22.4. The third kappa shape index (κ3) is 3.24. The molecule has 2 aliphatic rings. The predicted octanol–water partition coefficient (Wildman–Crippen LogP) is 4.95. The number of ether oxygens (including phenoxy) is 4. The minimum Gasteiger partial charge on any atom is -0.493 e. The molecule has 2 heterocycles. The van der Waals surface area contributed by atoms with E-state index in [9.17, 15) is 0 Å². The fourth-order valence-corrected chi connectivity index (χ4v) is 4.30. The average Bonchev–Trinajstić information content (AvgIpc) is 3.29. The fraction of sp³-hybridized carbons (Fsp3) is 0.240. The quantitative estimate of drug-likeness (QED) is 0.589. The Kier molecular flexibility index (Phi) is 4.90. The van der Waals surface area contributed by atoms with Crippen molar-refractivity contribution in [2.24, 2.45) is 5.10 Å². The molecule has 0 spiro atoms. The van der Waals surface area contributed by atoms with E-state index in [0.717, 1.165) is 34.6 Å². The van der Waals surface area contributed by atoms with Crippen molar-refractivity contribution in [3.05, 3.63) is 83.4 Å². The number of nitrogens with zero attached hydrogens (tertiary/aromatic N) is 2. The summed E-state index contributed by atoms with van der Waals surface area (Å²) < 4.78 is 23.1. The second-order valence-corrected chi connectivity index (χ2v) is 7.48. The first-order valence-electron chi connectivity index (χ1n) is 10.2. The molecule has 2 unspecified atom stereocenters. The number of hydrazone groups is 1. The van der Waals surface area contributed by atoms with Crippen molar-refractivity contribution >= 4 is 5.71 Å². The zero-order valence-electron chi connectivity index (χ0n) is 17.7. The Labute approximate surface area is 181 Å². The smallest absolute Gasteiger partial charge is 0.214 e. The lowest BCUT2D eigenvalue weighted by Gasteiger charge is -2.38. The number of methoxy groups -OCH3 is 3. The Morgan fingerprint density at radius 2 is 1.55 bits per heavy atom. The molecule has 0 N–H and O–H groups in total. The van der Waals surface area contributed by atoms with Crippen molar-refractivity contribution in [3.8, 4) is 23.0 Å². The van der Waals surface area contributed by atoms with Crippen molar-refractivity contribution in [1.29, 1.82) is 0 Å². The molecule has 0 amide bonds.